The van der Waals surface area contributed by atoms with Gasteiger partial charge in [0.2, 0.25) is 10.0 Å². The van der Waals surface area contributed by atoms with Gasteiger partial charge in [0.05, 0.1) is 22.7 Å². The molecular weight excluding hydrogens is 432 g/mol. The number of rotatable bonds is 7. The average Bonchev–Trinajstić information content (AvgIpc) is 2.77. The van der Waals surface area contributed by atoms with Gasteiger partial charge in [0.15, 0.2) is 6.10 Å². The molecule has 1 aliphatic heterocycles. The van der Waals surface area contributed by atoms with Crippen molar-refractivity contribution in [3.8, 4) is 0 Å². The normalized spacial score (nSPS) is 19.9. The van der Waals surface area contributed by atoms with Gasteiger partial charge in [-0.3, -0.25) is 4.79 Å². The molecule has 1 N–H and O–H groups in total. The summed E-state index contributed by atoms with van der Waals surface area (Å²) in [7, 11) is -3.84. The van der Waals surface area contributed by atoms with Crippen LogP contribution in [-0.2, 0) is 30.8 Å². The van der Waals surface area contributed by atoms with Gasteiger partial charge in [0.25, 0.3) is 5.91 Å². The zero-order valence-corrected chi connectivity index (χ0v) is 19.2. The predicted octanol–water partition coefficient (Wildman–Crippen LogP) is 2.35. The second-order valence-corrected chi connectivity index (χ2v) is 9.65. The summed E-state index contributed by atoms with van der Waals surface area (Å²) in [4.78, 5) is 26.8. The highest BCUT2D eigenvalue weighted by Gasteiger charge is 2.30. The van der Waals surface area contributed by atoms with E-state index in [9.17, 15) is 18.0 Å². The molecular formula is C23H28N2O6S. The molecule has 0 aliphatic carbocycles. The van der Waals surface area contributed by atoms with Crippen molar-refractivity contribution in [2.24, 2.45) is 0 Å². The summed E-state index contributed by atoms with van der Waals surface area (Å²) in [5.41, 5.74) is 0.863. The first-order valence-corrected chi connectivity index (χ1v) is 11.9. The van der Waals surface area contributed by atoms with Crippen LogP contribution in [0.15, 0.2) is 59.5 Å². The quantitative estimate of drug-likeness (QED) is 0.637. The van der Waals surface area contributed by atoms with Crippen LogP contribution in [0.4, 0.5) is 0 Å². The SMILES string of the molecule is CC1CN(C(=O)C(C)OC(=O)c2cccc(S(=O)(=O)NCc3ccccc3)c2)CC(C)O1. The minimum Gasteiger partial charge on any atom is -0.449 e. The van der Waals surface area contributed by atoms with Gasteiger partial charge in [0, 0.05) is 19.6 Å². The second-order valence-electron chi connectivity index (χ2n) is 7.89. The van der Waals surface area contributed by atoms with Crippen LogP contribution in [0.2, 0.25) is 0 Å². The molecule has 8 nitrogen and oxygen atoms in total. The topological polar surface area (TPSA) is 102 Å². The summed E-state index contributed by atoms with van der Waals surface area (Å²) in [5, 5.41) is 0. The third kappa shape index (κ3) is 6.15. The number of amides is 1. The lowest BCUT2D eigenvalue weighted by molar-refractivity contribution is -0.151. The Morgan fingerprint density at radius 3 is 2.41 bits per heavy atom. The highest BCUT2D eigenvalue weighted by atomic mass is 32.2. The van der Waals surface area contributed by atoms with E-state index in [4.69, 9.17) is 9.47 Å². The molecule has 0 aromatic heterocycles. The monoisotopic (exact) mass is 460 g/mol. The number of benzene rings is 2. The molecule has 2 aromatic rings. The van der Waals surface area contributed by atoms with Crippen molar-refractivity contribution in [3.05, 3.63) is 65.7 Å². The van der Waals surface area contributed by atoms with E-state index in [-0.39, 0.29) is 35.1 Å². The number of hydrogen-bond acceptors (Lipinski definition) is 6. The Labute approximate surface area is 188 Å². The van der Waals surface area contributed by atoms with Crippen LogP contribution in [0.1, 0.15) is 36.7 Å². The third-order valence-corrected chi connectivity index (χ3v) is 6.45. The molecule has 1 saturated heterocycles. The van der Waals surface area contributed by atoms with Crippen molar-refractivity contribution in [3.63, 3.8) is 0 Å². The first kappa shape index (κ1) is 23.9. The maximum Gasteiger partial charge on any atom is 0.338 e. The molecule has 0 bridgehead atoms. The molecule has 3 atom stereocenters. The largest absolute Gasteiger partial charge is 0.449 e. The van der Waals surface area contributed by atoms with Gasteiger partial charge in [-0.05, 0) is 44.5 Å². The molecule has 2 aromatic carbocycles. The molecule has 172 valence electrons. The van der Waals surface area contributed by atoms with E-state index in [1.165, 1.54) is 31.2 Å². The molecule has 1 amide bonds. The van der Waals surface area contributed by atoms with Crippen molar-refractivity contribution >= 4 is 21.9 Å². The van der Waals surface area contributed by atoms with E-state index < -0.39 is 22.1 Å². The number of hydrogen-bond donors (Lipinski definition) is 1. The van der Waals surface area contributed by atoms with E-state index in [1.54, 1.807) is 4.90 Å². The lowest BCUT2D eigenvalue weighted by Gasteiger charge is -2.36. The molecule has 3 unspecified atom stereocenters. The van der Waals surface area contributed by atoms with Crippen molar-refractivity contribution in [1.29, 1.82) is 0 Å². The van der Waals surface area contributed by atoms with E-state index in [0.29, 0.717) is 13.1 Å². The van der Waals surface area contributed by atoms with Crippen LogP contribution in [0.3, 0.4) is 0 Å². The van der Waals surface area contributed by atoms with E-state index in [1.807, 2.05) is 44.2 Å². The van der Waals surface area contributed by atoms with Gasteiger partial charge < -0.3 is 14.4 Å². The molecule has 9 heteroatoms. The molecule has 32 heavy (non-hydrogen) atoms. The number of morpholine rings is 1. The predicted molar refractivity (Wildman–Crippen MR) is 118 cm³/mol. The Bertz CT molecular complexity index is 1050. The van der Waals surface area contributed by atoms with Gasteiger partial charge in [0.1, 0.15) is 0 Å². The summed E-state index contributed by atoms with van der Waals surface area (Å²) in [6.07, 6.45) is -1.21. The highest BCUT2D eigenvalue weighted by Crippen LogP contribution is 2.16. The summed E-state index contributed by atoms with van der Waals surface area (Å²) < 4.78 is 38.8. The van der Waals surface area contributed by atoms with Crippen LogP contribution >= 0.6 is 0 Å². The number of nitrogens with one attached hydrogen (secondary N) is 1. The van der Waals surface area contributed by atoms with Gasteiger partial charge in [-0.15, -0.1) is 0 Å². The summed E-state index contributed by atoms with van der Waals surface area (Å²) in [5.74, 6) is -1.08. The Balaban J connectivity index is 1.64. The van der Waals surface area contributed by atoms with E-state index in [0.717, 1.165) is 5.56 Å². The van der Waals surface area contributed by atoms with Gasteiger partial charge in [-0.1, -0.05) is 36.4 Å². The molecule has 0 radical (unpaired) electrons. The molecule has 1 fully saturated rings. The summed E-state index contributed by atoms with van der Waals surface area (Å²) in [6, 6.07) is 14.7. The number of carbonyl (C=O) groups is 2. The summed E-state index contributed by atoms with van der Waals surface area (Å²) in [6.45, 7) is 6.24. The van der Waals surface area contributed by atoms with Gasteiger partial charge in [-0.2, -0.15) is 0 Å². The average molecular weight is 461 g/mol. The van der Waals surface area contributed by atoms with Crippen molar-refractivity contribution in [2.45, 2.75) is 50.5 Å². The lowest BCUT2D eigenvalue weighted by atomic mass is 10.2. The fourth-order valence-corrected chi connectivity index (χ4v) is 4.60. The zero-order valence-electron chi connectivity index (χ0n) is 18.4. The lowest BCUT2D eigenvalue weighted by Crippen LogP contribution is -2.51. The minimum absolute atomic E-state index is 0.0518. The highest BCUT2D eigenvalue weighted by molar-refractivity contribution is 7.89. The maximum atomic E-state index is 12.7. The Kier molecular flexibility index (Phi) is 7.65. The van der Waals surface area contributed by atoms with Crippen molar-refractivity contribution in [2.75, 3.05) is 13.1 Å². The first-order valence-electron chi connectivity index (χ1n) is 10.4. The van der Waals surface area contributed by atoms with E-state index in [2.05, 4.69) is 4.72 Å². The number of sulfonamides is 1. The summed E-state index contributed by atoms with van der Waals surface area (Å²) >= 11 is 0. The number of nitrogens with zero attached hydrogens (tertiary/aromatic N) is 1. The van der Waals surface area contributed by atoms with Crippen LogP contribution in [-0.4, -0.2) is 56.6 Å². The maximum absolute atomic E-state index is 12.7. The molecule has 0 saturated carbocycles. The van der Waals surface area contributed by atoms with Crippen LogP contribution in [0, 0.1) is 0 Å². The van der Waals surface area contributed by atoms with E-state index >= 15 is 0 Å². The number of carbonyl (C=O) groups excluding carboxylic acids is 2. The smallest absolute Gasteiger partial charge is 0.338 e. The molecule has 0 spiro atoms. The van der Waals surface area contributed by atoms with Crippen molar-refractivity contribution < 1.29 is 27.5 Å². The standard InChI is InChI=1S/C23H28N2O6S/c1-16-14-25(15-17(2)30-16)22(26)18(3)31-23(27)20-10-7-11-21(12-20)32(28,29)24-13-19-8-5-4-6-9-19/h4-12,16-18,24H,13-15H2,1-3H3. The van der Waals surface area contributed by atoms with Gasteiger partial charge >= 0.3 is 5.97 Å². The molecule has 1 heterocycles. The fraction of sp³-hybridized carbons (Fsp3) is 0.391. The third-order valence-electron chi connectivity index (χ3n) is 5.05. The van der Waals surface area contributed by atoms with Gasteiger partial charge in [-0.25, -0.2) is 17.9 Å². The van der Waals surface area contributed by atoms with Crippen LogP contribution in [0.25, 0.3) is 0 Å². The molecule has 1 aliphatic rings. The van der Waals surface area contributed by atoms with Crippen LogP contribution in [0.5, 0.6) is 0 Å². The zero-order chi connectivity index (χ0) is 23.3. The Hall–Kier alpha value is -2.75. The first-order chi connectivity index (χ1) is 15.2. The number of esters is 1. The molecule has 3 rings (SSSR count). The Morgan fingerprint density at radius 2 is 1.75 bits per heavy atom. The van der Waals surface area contributed by atoms with Crippen molar-refractivity contribution in [1.82, 2.24) is 9.62 Å². The minimum atomic E-state index is -3.84. The fourth-order valence-electron chi connectivity index (χ4n) is 3.54. The number of ether oxygens (including phenoxy) is 2. The second kappa shape index (κ2) is 10.2. The van der Waals surface area contributed by atoms with Crippen LogP contribution < -0.4 is 4.72 Å². The Morgan fingerprint density at radius 1 is 1.09 bits per heavy atom.